The first-order valence-electron chi connectivity index (χ1n) is 10.2. The Morgan fingerprint density at radius 3 is 2.47 bits per heavy atom. The van der Waals surface area contributed by atoms with E-state index in [0.29, 0.717) is 32.2 Å². The van der Waals surface area contributed by atoms with Gasteiger partial charge in [0.2, 0.25) is 0 Å². The Morgan fingerprint density at radius 2 is 1.79 bits per heavy atom. The van der Waals surface area contributed by atoms with Gasteiger partial charge in [-0.15, -0.1) is 0 Å². The molecule has 0 aromatic heterocycles. The molecule has 0 spiro atoms. The maximum absolute atomic E-state index is 12.8. The maximum atomic E-state index is 12.8. The first-order chi connectivity index (χ1) is 16.3. The van der Waals surface area contributed by atoms with Gasteiger partial charge in [0, 0.05) is 10.7 Å². The fraction of sp³-hybridized carbons (Fsp3) is 0.0800. The molecule has 0 aliphatic carbocycles. The van der Waals surface area contributed by atoms with E-state index in [1.54, 1.807) is 48.5 Å². The molecule has 0 radical (unpaired) electrons. The van der Waals surface area contributed by atoms with Crippen molar-refractivity contribution in [1.29, 1.82) is 0 Å². The molecular weight excluding hydrogens is 522 g/mol. The number of benzene rings is 3. The molecule has 1 aliphatic rings. The van der Waals surface area contributed by atoms with Gasteiger partial charge < -0.3 is 15.4 Å². The van der Waals surface area contributed by atoms with Crippen molar-refractivity contribution in [2.45, 2.75) is 6.92 Å². The summed E-state index contributed by atoms with van der Waals surface area (Å²) in [4.78, 5) is 38.3. The number of carbonyl (C=O) groups excluding carboxylic acids is 3. The second-order valence-corrected chi connectivity index (χ2v) is 8.79. The zero-order valence-corrected chi connectivity index (χ0v) is 20.3. The molecule has 9 heteroatoms. The molecule has 7 nitrogen and oxygen atoms in total. The first-order valence-corrected chi connectivity index (χ1v) is 11.4. The summed E-state index contributed by atoms with van der Waals surface area (Å²) in [5, 5.41) is 5.86. The summed E-state index contributed by atoms with van der Waals surface area (Å²) < 4.78 is 6.20. The molecule has 172 valence electrons. The smallest absolute Gasteiger partial charge is 0.333 e. The van der Waals surface area contributed by atoms with Crippen molar-refractivity contribution in [2.75, 3.05) is 16.8 Å². The lowest BCUT2D eigenvalue weighted by Gasteiger charge is -2.11. The van der Waals surface area contributed by atoms with Crippen LogP contribution in [-0.4, -0.2) is 24.5 Å². The Morgan fingerprint density at radius 1 is 1.09 bits per heavy atom. The van der Waals surface area contributed by atoms with Crippen LogP contribution in [-0.2, 0) is 9.59 Å². The quantitative estimate of drug-likeness (QED) is 0.318. The van der Waals surface area contributed by atoms with Gasteiger partial charge in [0.1, 0.15) is 11.4 Å². The van der Waals surface area contributed by atoms with Crippen LogP contribution < -0.4 is 20.3 Å². The molecule has 0 unspecified atom stereocenters. The topological polar surface area (TPSA) is 87.7 Å². The Hall–Kier alpha value is -3.62. The molecule has 1 fully saturated rings. The van der Waals surface area contributed by atoms with Crippen LogP contribution in [0.5, 0.6) is 5.75 Å². The van der Waals surface area contributed by atoms with Crippen LogP contribution in [0.3, 0.4) is 0 Å². The minimum atomic E-state index is -0.544. The standard InChI is InChI=1S/C25H19BrClN3O4/c1-15-2-7-18(8-3-15)28-23(31)14-34-22-11-4-16(12-20(22)26)13-21-24(32)30(25(33)29-21)19-9-5-17(27)6-10-19/h2-13H,14H2,1H3,(H,28,31)(H,29,33)/b21-13+. The van der Waals surface area contributed by atoms with Crippen molar-refractivity contribution < 1.29 is 19.1 Å². The molecule has 34 heavy (non-hydrogen) atoms. The van der Waals surface area contributed by atoms with Crippen LogP contribution in [0.15, 0.2) is 76.9 Å². The van der Waals surface area contributed by atoms with E-state index in [0.717, 1.165) is 10.5 Å². The minimum Gasteiger partial charge on any atom is -0.483 e. The van der Waals surface area contributed by atoms with Gasteiger partial charge in [-0.3, -0.25) is 9.59 Å². The molecule has 3 aromatic rings. The van der Waals surface area contributed by atoms with E-state index in [9.17, 15) is 14.4 Å². The Balaban J connectivity index is 1.41. The maximum Gasteiger partial charge on any atom is 0.333 e. The molecule has 0 bridgehead atoms. The molecule has 1 saturated heterocycles. The predicted octanol–water partition coefficient (Wildman–Crippen LogP) is 5.53. The van der Waals surface area contributed by atoms with Crippen molar-refractivity contribution in [2.24, 2.45) is 0 Å². The molecule has 3 aromatic carbocycles. The van der Waals surface area contributed by atoms with E-state index in [1.807, 2.05) is 31.2 Å². The number of ether oxygens (including phenoxy) is 1. The Bertz CT molecular complexity index is 1290. The minimum absolute atomic E-state index is 0.137. The zero-order chi connectivity index (χ0) is 24.2. The number of urea groups is 1. The van der Waals surface area contributed by atoms with Gasteiger partial charge in [-0.05, 0) is 83.0 Å². The molecule has 4 amide bonds. The van der Waals surface area contributed by atoms with Gasteiger partial charge >= 0.3 is 6.03 Å². The summed E-state index contributed by atoms with van der Waals surface area (Å²) in [6, 6.07) is 18.4. The fourth-order valence-electron chi connectivity index (χ4n) is 3.23. The normalized spacial score (nSPS) is 14.3. The fourth-order valence-corrected chi connectivity index (χ4v) is 3.86. The van der Waals surface area contributed by atoms with Gasteiger partial charge in [-0.2, -0.15) is 0 Å². The van der Waals surface area contributed by atoms with Crippen molar-refractivity contribution in [3.63, 3.8) is 0 Å². The largest absolute Gasteiger partial charge is 0.483 e. The van der Waals surface area contributed by atoms with Crippen molar-refractivity contribution in [3.8, 4) is 5.75 Å². The van der Waals surface area contributed by atoms with Crippen LogP contribution in [0, 0.1) is 6.92 Å². The number of aryl methyl sites for hydroxylation is 1. The Kier molecular flexibility index (Phi) is 7.00. The SMILES string of the molecule is Cc1ccc(NC(=O)COc2ccc(/C=C3/NC(=O)N(c4ccc(Cl)cc4)C3=O)cc2Br)cc1. The van der Waals surface area contributed by atoms with E-state index in [4.69, 9.17) is 16.3 Å². The van der Waals surface area contributed by atoms with Gasteiger partial charge in [0.15, 0.2) is 6.61 Å². The lowest BCUT2D eigenvalue weighted by Crippen LogP contribution is -2.30. The summed E-state index contributed by atoms with van der Waals surface area (Å²) in [7, 11) is 0. The third kappa shape index (κ3) is 5.47. The summed E-state index contributed by atoms with van der Waals surface area (Å²) in [5.74, 6) is -0.300. The molecule has 2 N–H and O–H groups in total. The second-order valence-electron chi connectivity index (χ2n) is 7.50. The van der Waals surface area contributed by atoms with E-state index in [1.165, 1.54) is 0 Å². The average molecular weight is 541 g/mol. The summed E-state index contributed by atoms with van der Waals surface area (Å²) >= 11 is 9.31. The van der Waals surface area contributed by atoms with Gasteiger partial charge in [0.05, 0.1) is 10.2 Å². The van der Waals surface area contributed by atoms with Crippen molar-refractivity contribution in [1.82, 2.24) is 5.32 Å². The summed E-state index contributed by atoms with van der Waals surface area (Å²) in [6.45, 7) is 1.80. The Labute approximate surface area is 209 Å². The van der Waals surface area contributed by atoms with Gasteiger partial charge in [-0.1, -0.05) is 35.4 Å². The number of halogens is 2. The van der Waals surface area contributed by atoms with Crippen molar-refractivity contribution >= 4 is 62.8 Å². The molecule has 1 aliphatic heterocycles. The lowest BCUT2D eigenvalue weighted by molar-refractivity contribution is -0.118. The highest BCUT2D eigenvalue weighted by atomic mass is 79.9. The van der Waals surface area contributed by atoms with E-state index in [-0.39, 0.29) is 18.2 Å². The highest BCUT2D eigenvalue weighted by Gasteiger charge is 2.34. The van der Waals surface area contributed by atoms with Crippen LogP contribution in [0.2, 0.25) is 5.02 Å². The van der Waals surface area contributed by atoms with E-state index in [2.05, 4.69) is 26.6 Å². The van der Waals surface area contributed by atoms with Crippen molar-refractivity contribution in [3.05, 3.63) is 93.0 Å². The monoisotopic (exact) mass is 539 g/mol. The number of hydrogen-bond donors (Lipinski definition) is 2. The number of nitrogens with zero attached hydrogens (tertiary/aromatic N) is 1. The second kappa shape index (κ2) is 10.1. The number of anilines is 2. The van der Waals surface area contributed by atoms with E-state index < -0.39 is 11.9 Å². The number of rotatable bonds is 6. The molecule has 1 heterocycles. The van der Waals surface area contributed by atoms with Crippen LogP contribution in [0.4, 0.5) is 16.2 Å². The molecule has 0 saturated carbocycles. The first kappa shape index (κ1) is 23.5. The zero-order valence-electron chi connectivity index (χ0n) is 18.0. The molecule has 0 atom stereocenters. The molecular formula is C25H19BrClN3O4. The number of nitrogens with one attached hydrogen (secondary N) is 2. The van der Waals surface area contributed by atoms with Gasteiger partial charge in [-0.25, -0.2) is 9.69 Å². The van der Waals surface area contributed by atoms with Crippen LogP contribution in [0.25, 0.3) is 6.08 Å². The van der Waals surface area contributed by atoms with Crippen LogP contribution >= 0.6 is 27.5 Å². The number of amides is 4. The average Bonchev–Trinajstić information content (AvgIpc) is 3.08. The number of hydrogen-bond acceptors (Lipinski definition) is 4. The number of imide groups is 1. The highest BCUT2D eigenvalue weighted by molar-refractivity contribution is 9.10. The predicted molar refractivity (Wildman–Crippen MR) is 135 cm³/mol. The third-order valence-corrected chi connectivity index (χ3v) is 5.80. The number of carbonyl (C=O) groups is 3. The lowest BCUT2D eigenvalue weighted by atomic mass is 10.2. The highest BCUT2D eigenvalue weighted by Crippen LogP contribution is 2.28. The molecule has 4 rings (SSSR count). The van der Waals surface area contributed by atoms with Crippen LogP contribution in [0.1, 0.15) is 11.1 Å². The van der Waals surface area contributed by atoms with Gasteiger partial charge in [0.25, 0.3) is 11.8 Å². The van der Waals surface area contributed by atoms with E-state index >= 15 is 0 Å². The summed E-state index contributed by atoms with van der Waals surface area (Å²) in [6.07, 6.45) is 1.56. The third-order valence-electron chi connectivity index (χ3n) is 4.92. The summed E-state index contributed by atoms with van der Waals surface area (Å²) in [5.41, 5.74) is 3.01.